The molecule has 0 fully saturated rings. The lowest BCUT2D eigenvalue weighted by molar-refractivity contribution is -0.124. The van der Waals surface area contributed by atoms with Crippen molar-refractivity contribution in [2.75, 3.05) is 5.32 Å². The minimum atomic E-state index is -0.653. The highest BCUT2D eigenvalue weighted by molar-refractivity contribution is 6.02. The molecule has 0 aliphatic rings. The molecule has 1 heterocycles. The van der Waals surface area contributed by atoms with E-state index in [1.165, 1.54) is 6.26 Å². The Hall–Kier alpha value is -3.87. The Labute approximate surface area is 180 Å². The van der Waals surface area contributed by atoms with Crippen LogP contribution in [0.5, 0.6) is 0 Å². The summed E-state index contributed by atoms with van der Waals surface area (Å²) in [6.45, 7) is 4.06. The van der Waals surface area contributed by atoms with Crippen molar-refractivity contribution in [3.63, 3.8) is 0 Å². The van der Waals surface area contributed by atoms with Gasteiger partial charge in [0.15, 0.2) is 5.76 Å². The largest absolute Gasteiger partial charge is 0.459 e. The second-order valence-electron chi connectivity index (χ2n) is 7.41. The molecule has 3 amide bonds. The van der Waals surface area contributed by atoms with E-state index < -0.39 is 6.04 Å². The zero-order valence-electron chi connectivity index (χ0n) is 17.4. The molecule has 0 saturated heterocycles. The van der Waals surface area contributed by atoms with Crippen molar-refractivity contribution in [3.8, 4) is 0 Å². The van der Waals surface area contributed by atoms with Crippen LogP contribution in [-0.2, 0) is 11.3 Å². The van der Waals surface area contributed by atoms with Gasteiger partial charge in [-0.3, -0.25) is 14.4 Å². The highest BCUT2D eigenvalue weighted by Gasteiger charge is 2.24. The standard InChI is InChI=1S/C24H25N3O4/c1-16(2)21(27-22(28)18-7-4-3-5-8-18)24(30)25-15-17-10-12-19(13-11-17)26-23(29)20-9-6-14-31-20/h3-14,16,21H,15H2,1-2H3,(H,25,30)(H,26,29)(H,27,28). The number of carbonyl (C=O) groups excluding carboxylic acids is 3. The Morgan fingerprint density at radius 1 is 0.871 bits per heavy atom. The number of benzene rings is 2. The van der Waals surface area contributed by atoms with Crippen molar-refractivity contribution < 1.29 is 18.8 Å². The Morgan fingerprint density at radius 2 is 1.58 bits per heavy atom. The van der Waals surface area contributed by atoms with E-state index in [4.69, 9.17) is 4.42 Å². The van der Waals surface area contributed by atoms with E-state index in [9.17, 15) is 14.4 Å². The molecule has 3 aromatic rings. The second kappa shape index (κ2) is 10.2. The first-order chi connectivity index (χ1) is 14.9. The van der Waals surface area contributed by atoms with Crippen molar-refractivity contribution >= 4 is 23.4 Å². The highest BCUT2D eigenvalue weighted by atomic mass is 16.3. The van der Waals surface area contributed by atoms with E-state index in [-0.39, 0.29) is 29.4 Å². The highest BCUT2D eigenvalue weighted by Crippen LogP contribution is 2.12. The fraction of sp³-hybridized carbons (Fsp3) is 0.208. The predicted octanol–water partition coefficient (Wildman–Crippen LogP) is 3.60. The molecular formula is C24H25N3O4. The number of amides is 3. The molecule has 160 valence electrons. The minimum Gasteiger partial charge on any atom is -0.459 e. The summed E-state index contributed by atoms with van der Waals surface area (Å²) in [5, 5.41) is 8.41. The van der Waals surface area contributed by atoms with Gasteiger partial charge < -0.3 is 20.4 Å². The lowest BCUT2D eigenvalue weighted by Crippen LogP contribution is -2.49. The second-order valence-corrected chi connectivity index (χ2v) is 7.41. The van der Waals surface area contributed by atoms with Gasteiger partial charge in [-0.2, -0.15) is 0 Å². The molecule has 0 aliphatic carbocycles. The molecule has 0 aliphatic heterocycles. The average Bonchev–Trinajstić information content (AvgIpc) is 3.32. The third kappa shape index (κ3) is 6.05. The number of hydrogen-bond donors (Lipinski definition) is 3. The number of rotatable bonds is 8. The molecule has 31 heavy (non-hydrogen) atoms. The van der Waals surface area contributed by atoms with Gasteiger partial charge in [-0.05, 0) is 47.9 Å². The monoisotopic (exact) mass is 419 g/mol. The normalized spacial score (nSPS) is 11.6. The van der Waals surface area contributed by atoms with Crippen molar-refractivity contribution in [1.82, 2.24) is 10.6 Å². The number of nitrogens with one attached hydrogen (secondary N) is 3. The summed E-state index contributed by atoms with van der Waals surface area (Å²) in [6, 6.07) is 18.5. The van der Waals surface area contributed by atoms with Gasteiger partial charge in [0.2, 0.25) is 5.91 Å². The smallest absolute Gasteiger partial charge is 0.291 e. The van der Waals surface area contributed by atoms with Gasteiger partial charge in [0.25, 0.3) is 11.8 Å². The Morgan fingerprint density at radius 3 is 2.19 bits per heavy atom. The Bertz CT molecular complexity index is 1010. The van der Waals surface area contributed by atoms with Crippen molar-refractivity contribution in [2.24, 2.45) is 5.92 Å². The summed E-state index contributed by atoms with van der Waals surface area (Å²) in [4.78, 5) is 37.1. The van der Waals surface area contributed by atoms with Crippen molar-refractivity contribution in [3.05, 3.63) is 89.9 Å². The Kier molecular flexibility index (Phi) is 7.22. The van der Waals surface area contributed by atoms with Crippen molar-refractivity contribution in [1.29, 1.82) is 0 Å². The van der Waals surface area contributed by atoms with Gasteiger partial charge in [-0.15, -0.1) is 0 Å². The van der Waals surface area contributed by atoms with Gasteiger partial charge in [-0.25, -0.2) is 0 Å². The van der Waals surface area contributed by atoms with Crippen LogP contribution < -0.4 is 16.0 Å². The molecule has 1 aromatic heterocycles. The van der Waals surface area contributed by atoms with Crippen LogP contribution in [0.15, 0.2) is 77.4 Å². The lowest BCUT2D eigenvalue weighted by atomic mass is 10.0. The van der Waals surface area contributed by atoms with Gasteiger partial charge in [0.1, 0.15) is 6.04 Å². The maximum Gasteiger partial charge on any atom is 0.291 e. The molecule has 3 N–H and O–H groups in total. The number of carbonyl (C=O) groups is 3. The molecule has 3 rings (SSSR count). The predicted molar refractivity (Wildman–Crippen MR) is 117 cm³/mol. The zero-order valence-corrected chi connectivity index (χ0v) is 17.4. The number of hydrogen-bond acceptors (Lipinski definition) is 4. The Balaban J connectivity index is 1.54. The molecule has 1 unspecified atom stereocenters. The molecule has 0 radical (unpaired) electrons. The molecule has 0 spiro atoms. The van der Waals surface area contributed by atoms with Crippen LogP contribution in [-0.4, -0.2) is 23.8 Å². The van der Waals surface area contributed by atoms with E-state index in [1.807, 2.05) is 32.0 Å². The van der Waals surface area contributed by atoms with Crippen LogP contribution in [0.4, 0.5) is 5.69 Å². The zero-order chi connectivity index (χ0) is 22.2. The van der Waals surface area contributed by atoms with Crippen LogP contribution in [0.2, 0.25) is 0 Å². The topological polar surface area (TPSA) is 100 Å². The average molecular weight is 419 g/mol. The summed E-state index contributed by atoms with van der Waals surface area (Å²) in [5.74, 6) is -0.721. The third-order valence-electron chi connectivity index (χ3n) is 4.70. The van der Waals surface area contributed by atoms with E-state index in [1.54, 1.807) is 48.5 Å². The summed E-state index contributed by atoms with van der Waals surface area (Å²) in [5.41, 5.74) is 1.99. The third-order valence-corrected chi connectivity index (χ3v) is 4.70. The van der Waals surface area contributed by atoms with Crippen LogP contribution >= 0.6 is 0 Å². The molecule has 7 heteroatoms. The number of furan rings is 1. The first kappa shape index (κ1) is 21.8. The van der Waals surface area contributed by atoms with E-state index in [0.29, 0.717) is 17.8 Å². The summed E-state index contributed by atoms with van der Waals surface area (Å²) < 4.78 is 5.06. The summed E-state index contributed by atoms with van der Waals surface area (Å²) in [7, 11) is 0. The van der Waals surface area contributed by atoms with Crippen LogP contribution in [0.25, 0.3) is 0 Å². The SMILES string of the molecule is CC(C)C(NC(=O)c1ccccc1)C(=O)NCc1ccc(NC(=O)c2ccco2)cc1. The molecule has 0 saturated carbocycles. The van der Waals surface area contributed by atoms with Gasteiger partial charge in [0.05, 0.1) is 6.26 Å². The van der Waals surface area contributed by atoms with Gasteiger partial charge >= 0.3 is 0 Å². The van der Waals surface area contributed by atoms with Gasteiger partial charge in [0, 0.05) is 17.8 Å². The first-order valence-electron chi connectivity index (χ1n) is 10.0. The fourth-order valence-corrected chi connectivity index (χ4v) is 2.95. The van der Waals surface area contributed by atoms with E-state index in [2.05, 4.69) is 16.0 Å². The van der Waals surface area contributed by atoms with E-state index in [0.717, 1.165) is 5.56 Å². The first-order valence-corrected chi connectivity index (χ1v) is 10.0. The fourth-order valence-electron chi connectivity index (χ4n) is 2.95. The molecule has 1 atom stereocenters. The summed E-state index contributed by atoms with van der Waals surface area (Å²) in [6.07, 6.45) is 1.44. The minimum absolute atomic E-state index is 0.0770. The van der Waals surface area contributed by atoms with Gasteiger partial charge in [-0.1, -0.05) is 44.2 Å². The van der Waals surface area contributed by atoms with Crippen molar-refractivity contribution in [2.45, 2.75) is 26.4 Å². The van der Waals surface area contributed by atoms with E-state index >= 15 is 0 Å². The van der Waals surface area contributed by atoms with Crippen LogP contribution in [0, 0.1) is 5.92 Å². The number of anilines is 1. The molecule has 7 nitrogen and oxygen atoms in total. The summed E-state index contributed by atoms with van der Waals surface area (Å²) >= 11 is 0. The maximum absolute atomic E-state index is 12.7. The molecule has 2 aromatic carbocycles. The van der Waals surface area contributed by atoms with Crippen LogP contribution in [0.3, 0.4) is 0 Å². The van der Waals surface area contributed by atoms with Crippen LogP contribution in [0.1, 0.15) is 40.3 Å². The molecule has 0 bridgehead atoms. The maximum atomic E-state index is 12.7. The quantitative estimate of drug-likeness (QED) is 0.519. The lowest BCUT2D eigenvalue weighted by Gasteiger charge is -2.22. The molecular weight excluding hydrogens is 394 g/mol.